The van der Waals surface area contributed by atoms with Crippen molar-refractivity contribution in [3.05, 3.63) is 12.2 Å². The van der Waals surface area contributed by atoms with Crippen molar-refractivity contribution in [1.29, 1.82) is 0 Å². The Kier molecular flexibility index (Phi) is 31.3. The molecule has 2 aliphatic rings. The molecule has 0 aromatic rings. The van der Waals surface area contributed by atoms with Crippen molar-refractivity contribution in [2.45, 2.75) is 235 Å². The number of hydrogen-bond acceptors (Lipinski definition) is 14. The van der Waals surface area contributed by atoms with Crippen LogP contribution in [0.2, 0.25) is 0 Å². The second kappa shape index (κ2) is 34.2. The van der Waals surface area contributed by atoms with Crippen LogP contribution in [-0.4, -0.2) is 142 Å². The van der Waals surface area contributed by atoms with Crippen LogP contribution in [0.15, 0.2) is 12.2 Å². The summed E-state index contributed by atoms with van der Waals surface area (Å²) in [6.07, 6.45) is 15.6. The summed E-state index contributed by atoms with van der Waals surface area (Å²) in [5.74, 6) is -0.384. The molecule has 0 aliphatic carbocycles. The standard InChI is InChI=1S/C45H84O14/c1-3-5-7-9-11-13-15-16-17-18-20-22-24-26-28-37(47)57-34(31-54-29-27-25-23-21-19-14-12-10-8-6-4-2)32-55-44-43(53)41(51)39(49)36(59-44)33-56-45-42(52)40(50)38(48)35(30-46)58-45/h15-16,34-36,38-46,48-53H,3-14,17-33H2,1-2H3/b16-15-. The van der Waals surface area contributed by atoms with E-state index in [4.69, 9.17) is 28.4 Å². The van der Waals surface area contributed by atoms with Gasteiger partial charge in [-0.15, -0.1) is 0 Å². The van der Waals surface area contributed by atoms with Gasteiger partial charge in [0.05, 0.1) is 26.4 Å². The van der Waals surface area contributed by atoms with Crippen LogP contribution in [0, 0.1) is 0 Å². The normalized spacial score (nSPS) is 28.0. The zero-order chi connectivity index (χ0) is 43.1. The molecule has 11 atom stereocenters. The van der Waals surface area contributed by atoms with E-state index in [0.717, 1.165) is 57.8 Å². The maximum atomic E-state index is 12.9. The average Bonchev–Trinajstić information content (AvgIpc) is 3.23. The van der Waals surface area contributed by atoms with Crippen LogP contribution in [0.5, 0.6) is 0 Å². The zero-order valence-corrected chi connectivity index (χ0v) is 36.5. The number of esters is 1. The molecule has 0 aromatic heterocycles. The van der Waals surface area contributed by atoms with Crippen LogP contribution in [0.4, 0.5) is 0 Å². The number of ether oxygens (including phenoxy) is 6. The summed E-state index contributed by atoms with van der Waals surface area (Å²) in [5.41, 5.74) is 0. The smallest absolute Gasteiger partial charge is 0.306 e. The molecule has 7 N–H and O–H groups in total. The topological polar surface area (TPSA) is 214 Å². The Morgan fingerprint density at radius 3 is 1.54 bits per heavy atom. The molecular formula is C45H84O14. The van der Waals surface area contributed by atoms with Gasteiger partial charge in [0.1, 0.15) is 54.9 Å². The lowest BCUT2D eigenvalue weighted by atomic mass is 9.98. The summed E-state index contributed by atoms with van der Waals surface area (Å²) in [6, 6.07) is 0. The maximum Gasteiger partial charge on any atom is 0.306 e. The zero-order valence-electron chi connectivity index (χ0n) is 36.5. The molecule has 0 aromatic carbocycles. The van der Waals surface area contributed by atoms with Crippen molar-refractivity contribution in [3.8, 4) is 0 Å². The Balaban J connectivity index is 1.81. The molecule has 2 heterocycles. The van der Waals surface area contributed by atoms with E-state index in [2.05, 4.69) is 26.0 Å². The first-order chi connectivity index (χ1) is 28.6. The second-order valence-corrected chi connectivity index (χ2v) is 16.6. The number of rotatable bonds is 36. The lowest BCUT2D eigenvalue weighted by Crippen LogP contribution is -2.61. The number of allylic oxidation sites excluding steroid dienone is 2. The molecule has 2 saturated heterocycles. The number of carbonyl (C=O) groups excluding carboxylic acids is 1. The first-order valence-corrected chi connectivity index (χ1v) is 23.3. The number of hydrogen-bond donors (Lipinski definition) is 7. The van der Waals surface area contributed by atoms with Crippen LogP contribution in [-0.2, 0) is 33.2 Å². The summed E-state index contributed by atoms with van der Waals surface area (Å²) < 4.78 is 34.1. The minimum absolute atomic E-state index is 0.0629. The van der Waals surface area contributed by atoms with E-state index in [0.29, 0.717) is 13.0 Å². The number of aliphatic hydroxyl groups excluding tert-OH is 7. The van der Waals surface area contributed by atoms with Gasteiger partial charge in [0.25, 0.3) is 0 Å². The fourth-order valence-corrected chi connectivity index (χ4v) is 7.40. The molecule has 11 unspecified atom stereocenters. The van der Waals surface area contributed by atoms with E-state index in [9.17, 15) is 40.5 Å². The highest BCUT2D eigenvalue weighted by Crippen LogP contribution is 2.26. The molecule has 2 rings (SSSR count). The largest absolute Gasteiger partial charge is 0.457 e. The van der Waals surface area contributed by atoms with Crippen molar-refractivity contribution in [1.82, 2.24) is 0 Å². The molecule has 2 aliphatic heterocycles. The molecule has 0 radical (unpaired) electrons. The summed E-state index contributed by atoms with van der Waals surface area (Å²) in [5, 5.41) is 71.9. The molecule has 14 nitrogen and oxygen atoms in total. The molecule has 0 bridgehead atoms. The summed E-state index contributed by atoms with van der Waals surface area (Å²) in [7, 11) is 0. The molecule has 14 heteroatoms. The minimum Gasteiger partial charge on any atom is -0.457 e. The van der Waals surface area contributed by atoms with Crippen molar-refractivity contribution in [2.75, 3.05) is 33.0 Å². The Bertz CT molecular complexity index is 1030. The SMILES string of the molecule is CCCCCCC/C=C\CCCCCCCC(=O)OC(COCCCCCCCCCCCCC)COC1OC(COC2OC(CO)C(O)C(O)C2O)C(O)C(O)C1O. The van der Waals surface area contributed by atoms with Crippen molar-refractivity contribution >= 4 is 5.97 Å². The Hall–Kier alpha value is -1.27. The summed E-state index contributed by atoms with van der Waals surface area (Å²) in [6.45, 7) is 3.66. The van der Waals surface area contributed by atoms with Gasteiger partial charge in [0.2, 0.25) is 0 Å². The number of aliphatic hydroxyl groups is 7. The Labute approximate surface area is 354 Å². The Morgan fingerprint density at radius 2 is 1.00 bits per heavy atom. The lowest BCUT2D eigenvalue weighted by molar-refractivity contribution is -0.332. The van der Waals surface area contributed by atoms with Gasteiger partial charge in [-0.25, -0.2) is 0 Å². The molecule has 0 saturated carbocycles. The average molecular weight is 849 g/mol. The highest BCUT2D eigenvalue weighted by atomic mass is 16.7. The van der Waals surface area contributed by atoms with Gasteiger partial charge in [0, 0.05) is 13.0 Å². The molecule has 2 fully saturated rings. The monoisotopic (exact) mass is 849 g/mol. The number of carbonyl (C=O) groups is 1. The highest BCUT2D eigenvalue weighted by Gasteiger charge is 2.47. The van der Waals surface area contributed by atoms with E-state index < -0.39 is 80.7 Å². The van der Waals surface area contributed by atoms with Crippen LogP contribution >= 0.6 is 0 Å². The van der Waals surface area contributed by atoms with Crippen molar-refractivity contribution in [3.63, 3.8) is 0 Å². The lowest BCUT2D eigenvalue weighted by Gasteiger charge is -2.42. The van der Waals surface area contributed by atoms with E-state index in [-0.39, 0.29) is 25.6 Å². The van der Waals surface area contributed by atoms with E-state index in [1.165, 1.54) is 83.5 Å². The van der Waals surface area contributed by atoms with Crippen LogP contribution in [0.3, 0.4) is 0 Å². The highest BCUT2D eigenvalue weighted by molar-refractivity contribution is 5.69. The summed E-state index contributed by atoms with van der Waals surface area (Å²) >= 11 is 0. The van der Waals surface area contributed by atoms with E-state index >= 15 is 0 Å². The van der Waals surface area contributed by atoms with Crippen LogP contribution in [0.1, 0.15) is 168 Å². The minimum atomic E-state index is -1.70. The van der Waals surface area contributed by atoms with Gasteiger partial charge >= 0.3 is 5.97 Å². The van der Waals surface area contributed by atoms with Gasteiger partial charge in [0.15, 0.2) is 12.6 Å². The fraction of sp³-hybridized carbons (Fsp3) is 0.933. The van der Waals surface area contributed by atoms with Crippen molar-refractivity contribution in [2.24, 2.45) is 0 Å². The third-order valence-corrected chi connectivity index (χ3v) is 11.3. The van der Waals surface area contributed by atoms with Gasteiger partial charge in [-0.3, -0.25) is 4.79 Å². The van der Waals surface area contributed by atoms with E-state index in [1.54, 1.807) is 0 Å². The second-order valence-electron chi connectivity index (χ2n) is 16.6. The quantitative estimate of drug-likeness (QED) is 0.0235. The van der Waals surface area contributed by atoms with Gasteiger partial charge < -0.3 is 64.2 Å². The Morgan fingerprint density at radius 1 is 0.542 bits per heavy atom. The third-order valence-electron chi connectivity index (χ3n) is 11.3. The predicted octanol–water partition coefficient (Wildman–Crippen LogP) is 5.51. The molecule has 0 amide bonds. The van der Waals surface area contributed by atoms with Crippen molar-refractivity contribution < 1.29 is 69.0 Å². The van der Waals surface area contributed by atoms with E-state index in [1.807, 2.05) is 0 Å². The van der Waals surface area contributed by atoms with Crippen LogP contribution < -0.4 is 0 Å². The third kappa shape index (κ3) is 23.1. The molecule has 59 heavy (non-hydrogen) atoms. The van der Waals surface area contributed by atoms with Gasteiger partial charge in [-0.05, 0) is 38.5 Å². The van der Waals surface area contributed by atoms with Gasteiger partial charge in [-0.1, -0.05) is 135 Å². The first kappa shape index (κ1) is 53.9. The molecular weight excluding hydrogens is 764 g/mol. The maximum absolute atomic E-state index is 12.9. The first-order valence-electron chi connectivity index (χ1n) is 23.3. The van der Waals surface area contributed by atoms with Crippen LogP contribution in [0.25, 0.3) is 0 Å². The number of unbranched alkanes of at least 4 members (excludes halogenated alkanes) is 20. The fourth-order valence-electron chi connectivity index (χ4n) is 7.40. The summed E-state index contributed by atoms with van der Waals surface area (Å²) in [4.78, 5) is 12.9. The van der Waals surface area contributed by atoms with Gasteiger partial charge in [-0.2, -0.15) is 0 Å². The predicted molar refractivity (Wildman–Crippen MR) is 224 cm³/mol. The molecule has 348 valence electrons. The molecule has 0 spiro atoms.